The van der Waals surface area contributed by atoms with Crippen LogP contribution in [0.15, 0.2) is 59.5 Å². The smallest absolute Gasteiger partial charge is 0.338 e. The normalized spacial score (nSPS) is 18.0. The van der Waals surface area contributed by atoms with Gasteiger partial charge in [-0.2, -0.15) is 0 Å². The fraction of sp³-hybridized carbons (Fsp3) is 0.458. The summed E-state index contributed by atoms with van der Waals surface area (Å²) in [5.74, 6) is -0.0151. The second kappa shape index (κ2) is 10.2. The Hall–Kier alpha value is -1.98. The zero-order chi connectivity index (χ0) is 20.7. The van der Waals surface area contributed by atoms with Gasteiger partial charge in [0.25, 0.3) is 0 Å². The molecule has 2 unspecified atom stereocenters. The molecular weight excluding hydrogens is 384 g/mol. The third-order valence-corrected chi connectivity index (χ3v) is 6.84. The van der Waals surface area contributed by atoms with Crippen molar-refractivity contribution in [2.24, 2.45) is 5.92 Å². The van der Waals surface area contributed by atoms with E-state index in [1.165, 1.54) is 6.42 Å². The minimum atomic E-state index is -1.52. The molecule has 4 nitrogen and oxygen atoms in total. The first-order valence-corrected chi connectivity index (χ1v) is 11.5. The maximum Gasteiger partial charge on any atom is 0.338 e. The van der Waals surface area contributed by atoms with Crippen molar-refractivity contribution in [3.63, 3.8) is 0 Å². The molecule has 29 heavy (non-hydrogen) atoms. The van der Waals surface area contributed by atoms with Gasteiger partial charge in [0, 0.05) is 6.42 Å². The molecule has 1 aliphatic rings. The highest BCUT2D eigenvalue weighted by molar-refractivity contribution is 7.80. The predicted molar refractivity (Wildman–Crippen MR) is 115 cm³/mol. The molecule has 0 bridgehead atoms. The summed E-state index contributed by atoms with van der Waals surface area (Å²) < 4.78 is 24.1. The van der Waals surface area contributed by atoms with E-state index in [9.17, 15) is 9.00 Å². The molecule has 156 valence electrons. The summed E-state index contributed by atoms with van der Waals surface area (Å²) in [4.78, 5) is 13.4. The van der Waals surface area contributed by atoms with Gasteiger partial charge in [0.1, 0.15) is 5.60 Å². The Morgan fingerprint density at radius 2 is 1.69 bits per heavy atom. The van der Waals surface area contributed by atoms with Gasteiger partial charge in [0.15, 0.2) is 11.1 Å². The Balaban J connectivity index is 1.65. The van der Waals surface area contributed by atoms with E-state index in [1.807, 2.05) is 56.3 Å². The molecule has 0 amide bonds. The third kappa shape index (κ3) is 6.00. The summed E-state index contributed by atoms with van der Waals surface area (Å²) in [7, 11) is 0. The van der Waals surface area contributed by atoms with Crippen molar-refractivity contribution in [3.8, 4) is 0 Å². The lowest BCUT2D eigenvalue weighted by Crippen LogP contribution is -2.42. The van der Waals surface area contributed by atoms with Crippen LogP contribution in [0.4, 0.5) is 0 Å². The van der Waals surface area contributed by atoms with Gasteiger partial charge < -0.3 is 4.74 Å². The number of ether oxygens (including phenoxy) is 1. The van der Waals surface area contributed by atoms with Crippen LogP contribution in [0.2, 0.25) is 0 Å². The van der Waals surface area contributed by atoms with Crippen molar-refractivity contribution in [2.45, 2.75) is 62.9 Å². The van der Waals surface area contributed by atoms with Gasteiger partial charge in [-0.1, -0.05) is 55.2 Å². The minimum absolute atomic E-state index is 0.273. The van der Waals surface area contributed by atoms with E-state index in [4.69, 9.17) is 8.92 Å². The standard InChI is InChI=1S/C24H30O4S/c1-19-13-15-22(16-14-19)29(26)27-18-17-24(2,21-11-7-4-8-12-21)28-23(25)20-9-5-3-6-10-20/h3,5-6,9-10,13-16,21H,4,7-8,11-12,17-18H2,1-2H3. The number of aryl methyl sites for hydroxylation is 1. The van der Waals surface area contributed by atoms with Crippen molar-refractivity contribution < 1.29 is 17.9 Å². The van der Waals surface area contributed by atoms with Crippen molar-refractivity contribution in [1.82, 2.24) is 0 Å². The fourth-order valence-electron chi connectivity index (χ4n) is 3.93. The fourth-order valence-corrected chi connectivity index (χ4v) is 4.66. The second-order valence-electron chi connectivity index (χ2n) is 8.02. The van der Waals surface area contributed by atoms with Crippen LogP contribution in [0.5, 0.6) is 0 Å². The summed E-state index contributed by atoms with van der Waals surface area (Å²) in [6, 6.07) is 16.6. The number of carbonyl (C=O) groups excluding carboxylic acids is 1. The topological polar surface area (TPSA) is 52.6 Å². The molecule has 0 aliphatic heterocycles. The first-order valence-electron chi connectivity index (χ1n) is 10.4. The molecule has 1 saturated carbocycles. The van der Waals surface area contributed by atoms with E-state index < -0.39 is 16.7 Å². The molecule has 2 aromatic rings. The molecular formula is C24H30O4S. The summed E-state index contributed by atoms with van der Waals surface area (Å²) in [5, 5.41) is 0. The number of esters is 1. The Bertz CT molecular complexity index is 813. The van der Waals surface area contributed by atoms with Gasteiger partial charge in [-0.05, 0) is 56.9 Å². The molecule has 0 aromatic heterocycles. The van der Waals surface area contributed by atoms with Crippen LogP contribution < -0.4 is 0 Å². The van der Waals surface area contributed by atoms with Crippen LogP contribution in [0, 0.1) is 12.8 Å². The first kappa shape index (κ1) is 21.7. The van der Waals surface area contributed by atoms with Gasteiger partial charge >= 0.3 is 5.97 Å². The van der Waals surface area contributed by atoms with E-state index in [2.05, 4.69) is 0 Å². The van der Waals surface area contributed by atoms with Gasteiger partial charge in [-0.25, -0.2) is 9.00 Å². The Kier molecular flexibility index (Phi) is 7.62. The van der Waals surface area contributed by atoms with Gasteiger partial charge in [0.2, 0.25) is 0 Å². The third-order valence-electron chi connectivity index (χ3n) is 5.81. The molecule has 0 radical (unpaired) electrons. The average Bonchev–Trinajstić information content (AvgIpc) is 2.75. The second-order valence-corrected chi connectivity index (χ2v) is 9.20. The first-order chi connectivity index (χ1) is 14.0. The molecule has 0 spiro atoms. The summed E-state index contributed by atoms with van der Waals surface area (Å²) in [6.45, 7) is 4.27. The highest BCUT2D eigenvalue weighted by atomic mass is 32.2. The van der Waals surface area contributed by atoms with E-state index in [0.29, 0.717) is 22.8 Å². The lowest BCUT2D eigenvalue weighted by molar-refractivity contribution is -0.0590. The molecule has 1 aliphatic carbocycles. The predicted octanol–water partition coefficient (Wildman–Crippen LogP) is 5.62. The van der Waals surface area contributed by atoms with E-state index in [1.54, 1.807) is 12.1 Å². The maximum absolute atomic E-state index is 12.7. The van der Waals surface area contributed by atoms with E-state index >= 15 is 0 Å². The SMILES string of the molecule is Cc1ccc(S(=O)OCCC(C)(OC(=O)c2ccccc2)C2CCCCC2)cc1. The van der Waals surface area contributed by atoms with Gasteiger partial charge in [-0.3, -0.25) is 4.18 Å². The zero-order valence-corrected chi connectivity index (χ0v) is 18.1. The molecule has 1 fully saturated rings. The lowest BCUT2D eigenvalue weighted by atomic mass is 9.76. The lowest BCUT2D eigenvalue weighted by Gasteiger charge is -2.39. The number of hydrogen-bond donors (Lipinski definition) is 0. The maximum atomic E-state index is 12.7. The Morgan fingerprint density at radius 3 is 2.34 bits per heavy atom. The van der Waals surface area contributed by atoms with E-state index in [-0.39, 0.29) is 12.6 Å². The quantitative estimate of drug-likeness (QED) is 0.526. The van der Waals surface area contributed by atoms with Crippen molar-refractivity contribution >= 4 is 17.0 Å². The molecule has 2 atom stereocenters. The van der Waals surface area contributed by atoms with Crippen LogP contribution in [0.3, 0.4) is 0 Å². The van der Waals surface area contributed by atoms with Crippen molar-refractivity contribution in [2.75, 3.05) is 6.61 Å². The van der Waals surface area contributed by atoms with Crippen LogP contribution in [-0.4, -0.2) is 22.4 Å². The Labute approximate surface area is 176 Å². The molecule has 0 N–H and O–H groups in total. The van der Waals surface area contributed by atoms with Crippen LogP contribution >= 0.6 is 0 Å². The van der Waals surface area contributed by atoms with Crippen LogP contribution in [-0.2, 0) is 20.0 Å². The highest BCUT2D eigenvalue weighted by Crippen LogP contribution is 2.38. The number of benzene rings is 2. The average molecular weight is 415 g/mol. The van der Waals surface area contributed by atoms with Crippen molar-refractivity contribution in [3.05, 3.63) is 65.7 Å². The summed E-state index contributed by atoms with van der Waals surface area (Å²) in [6.07, 6.45) is 6.14. The zero-order valence-electron chi connectivity index (χ0n) is 17.3. The monoisotopic (exact) mass is 414 g/mol. The number of rotatable bonds is 8. The number of hydrogen-bond acceptors (Lipinski definition) is 4. The van der Waals surface area contributed by atoms with E-state index in [0.717, 1.165) is 31.2 Å². The largest absolute Gasteiger partial charge is 0.455 e. The number of carbonyl (C=O) groups is 1. The summed E-state index contributed by atoms with van der Waals surface area (Å²) in [5.41, 5.74) is 1.03. The molecule has 5 heteroatoms. The molecule has 0 saturated heterocycles. The molecule has 3 rings (SSSR count). The van der Waals surface area contributed by atoms with Crippen molar-refractivity contribution in [1.29, 1.82) is 0 Å². The molecule has 0 heterocycles. The van der Waals surface area contributed by atoms with Crippen LogP contribution in [0.25, 0.3) is 0 Å². The molecule has 2 aromatic carbocycles. The Morgan fingerprint density at radius 1 is 1.03 bits per heavy atom. The van der Waals surface area contributed by atoms with Gasteiger partial charge in [0.05, 0.1) is 17.1 Å². The summed E-state index contributed by atoms with van der Waals surface area (Å²) >= 11 is -1.52. The highest BCUT2D eigenvalue weighted by Gasteiger charge is 2.38. The van der Waals surface area contributed by atoms with Gasteiger partial charge in [-0.15, -0.1) is 0 Å². The minimum Gasteiger partial charge on any atom is -0.455 e. The van der Waals surface area contributed by atoms with Crippen LogP contribution in [0.1, 0.15) is 61.4 Å².